The van der Waals surface area contributed by atoms with E-state index in [1.54, 1.807) is 0 Å². The minimum atomic E-state index is -0.587. The molecular formula is C29H31ClF2N4O. The summed E-state index contributed by atoms with van der Waals surface area (Å²) < 4.78 is 27.4. The van der Waals surface area contributed by atoms with Gasteiger partial charge in [-0.1, -0.05) is 60.1 Å². The summed E-state index contributed by atoms with van der Waals surface area (Å²) in [5.41, 5.74) is 2.57. The first-order valence-electron chi connectivity index (χ1n) is 12.7. The van der Waals surface area contributed by atoms with Crippen LogP contribution in [0.2, 0.25) is 5.02 Å². The van der Waals surface area contributed by atoms with Crippen LogP contribution < -0.4 is 10.2 Å². The molecule has 3 aromatic carbocycles. The number of carbonyl (C=O) groups excluding carboxylic acids is 1. The maximum atomic E-state index is 14.2. The van der Waals surface area contributed by atoms with E-state index in [0.717, 1.165) is 35.4 Å². The summed E-state index contributed by atoms with van der Waals surface area (Å²) in [5.74, 6) is -1.01. The van der Waals surface area contributed by atoms with Crippen molar-refractivity contribution in [2.24, 2.45) is 0 Å². The second kappa shape index (κ2) is 11.6. The van der Waals surface area contributed by atoms with Gasteiger partial charge in [-0.25, -0.2) is 8.78 Å². The zero-order valence-electron chi connectivity index (χ0n) is 20.6. The number of nitrogens with one attached hydrogen (secondary N) is 1. The van der Waals surface area contributed by atoms with E-state index in [1.165, 1.54) is 12.1 Å². The van der Waals surface area contributed by atoms with Gasteiger partial charge in [0.1, 0.15) is 11.6 Å². The lowest BCUT2D eigenvalue weighted by atomic mass is 10.1. The molecule has 0 radical (unpaired) electrons. The van der Waals surface area contributed by atoms with Crippen LogP contribution in [0.5, 0.6) is 0 Å². The second-order valence-corrected chi connectivity index (χ2v) is 10.2. The fourth-order valence-corrected chi connectivity index (χ4v) is 5.56. The molecule has 2 fully saturated rings. The third kappa shape index (κ3) is 6.12. The van der Waals surface area contributed by atoms with Crippen molar-refractivity contribution >= 4 is 23.2 Å². The van der Waals surface area contributed by atoms with Crippen molar-refractivity contribution in [2.75, 3.05) is 37.6 Å². The summed E-state index contributed by atoms with van der Waals surface area (Å²) in [6.45, 7) is 4.36. The lowest BCUT2D eigenvalue weighted by Gasteiger charge is -2.38. The molecule has 5 nitrogen and oxygen atoms in total. The topological polar surface area (TPSA) is 38.8 Å². The Balaban J connectivity index is 1.25. The van der Waals surface area contributed by atoms with Gasteiger partial charge in [0, 0.05) is 63.5 Å². The summed E-state index contributed by atoms with van der Waals surface area (Å²) >= 11 is 6.39. The minimum Gasteiger partial charge on any atom is -0.367 e. The molecule has 0 aliphatic carbocycles. The summed E-state index contributed by atoms with van der Waals surface area (Å²) in [4.78, 5) is 20.1. The normalized spacial score (nSPS) is 20.4. The molecule has 5 rings (SSSR count). The predicted molar refractivity (Wildman–Crippen MR) is 142 cm³/mol. The van der Waals surface area contributed by atoms with Crippen LogP contribution in [0.25, 0.3) is 0 Å². The molecule has 1 N–H and O–H groups in total. The Morgan fingerprint density at radius 3 is 2.41 bits per heavy atom. The molecule has 3 aromatic rings. The van der Waals surface area contributed by atoms with E-state index < -0.39 is 11.6 Å². The van der Waals surface area contributed by atoms with E-state index in [2.05, 4.69) is 27.2 Å². The molecule has 1 amide bonds. The third-order valence-electron chi connectivity index (χ3n) is 7.30. The molecule has 2 atom stereocenters. The highest BCUT2D eigenvalue weighted by molar-refractivity contribution is 6.33. The lowest BCUT2D eigenvalue weighted by molar-refractivity contribution is -0.136. The fourth-order valence-electron chi connectivity index (χ4n) is 5.31. The second-order valence-electron chi connectivity index (χ2n) is 9.74. The van der Waals surface area contributed by atoms with Crippen molar-refractivity contribution in [3.8, 4) is 0 Å². The monoisotopic (exact) mass is 524 g/mol. The zero-order valence-corrected chi connectivity index (χ0v) is 21.4. The number of piperazine rings is 1. The Hall–Kier alpha value is -3.00. The summed E-state index contributed by atoms with van der Waals surface area (Å²) in [5, 5.41) is 4.12. The number of anilines is 1. The first-order chi connectivity index (χ1) is 18.0. The number of amides is 1. The summed E-state index contributed by atoms with van der Waals surface area (Å²) in [6.07, 6.45) is 0.638. The van der Waals surface area contributed by atoms with E-state index in [9.17, 15) is 13.6 Å². The molecule has 2 heterocycles. The van der Waals surface area contributed by atoms with Gasteiger partial charge in [-0.05, 0) is 30.2 Å². The van der Waals surface area contributed by atoms with Crippen molar-refractivity contribution < 1.29 is 13.6 Å². The molecule has 2 saturated heterocycles. The van der Waals surface area contributed by atoms with E-state index in [1.807, 2.05) is 47.4 Å². The SMILES string of the molecule is O=C([C@@H]1C[C@H](NCc2ccc(F)cc2F)CN1Cc1ccccc1)N1CCN(c2ccccc2Cl)CC1. The van der Waals surface area contributed by atoms with Crippen LogP contribution >= 0.6 is 11.6 Å². The van der Waals surface area contributed by atoms with Crippen LogP contribution in [0.4, 0.5) is 14.5 Å². The van der Waals surface area contributed by atoms with Gasteiger partial charge in [-0.15, -0.1) is 0 Å². The Kier molecular flexibility index (Phi) is 8.03. The first kappa shape index (κ1) is 25.6. The maximum absolute atomic E-state index is 14.2. The van der Waals surface area contributed by atoms with Crippen LogP contribution in [0.15, 0.2) is 72.8 Å². The first-order valence-corrected chi connectivity index (χ1v) is 13.1. The van der Waals surface area contributed by atoms with Gasteiger partial charge in [-0.3, -0.25) is 9.69 Å². The number of rotatable bonds is 7. The van der Waals surface area contributed by atoms with Crippen LogP contribution in [0.1, 0.15) is 17.5 Å². The van der Waals surface area contributed by atoms with Crippen molar-refractivity contribution in [2.45, 2.75) is 31.6 Å². The number of halogens is 3. The average molecular weight is 525 g/mol. The number of likely N-dealkylation sites (tertiary alicyclic amines) is 1. The molecule has 194 valence electrons. The number of nitrogens with zero attached hydrogens (tertiary/aromatic N) is 3. The highest BCUT2D eigenvalue weighted by Crippen LogP contribution is 2.28. The van der Waals surface area contributed by atoms with Gasteiger partial charge in [0.15, 0.2) is 0 Å². The van der Waals surface area contributed by atoms with Gasteiger partial charge < -0.3 is 15.1 Å². The molecule has 2 aliphatic rings. The molecule has 0 bridgehead atoms. The van der Waals surface area contributed by atoms with Crippen LogP contribution in [-0.4, -0.2) is 60.5 Å². The highest BCUT2D eigenvalue weighted by atomic mass is 35.5. The summed E-state index contributed by atoms with van der Waals surface area (Å²) in [6, 6.07) is 21.3. The number of benzene rings is 3. The highest BCUT2D eigenvalue weighted by Gasteiger charge is 2.39. The molecule has 37 heavy (non-hydrogen) atoms. The van der Waals surface area contributed by atoms with Gasteiger partial charge in [0.25, 0.3) is 0 Å². The predicted octanol–water partition coefficient (Wildman–Crippen LogP) is 4.70. The number of hydrogen-bond acceptors (Lipinski definition) is 4. The van der Waals surface area contributed by atoms with Crippen molar-refractivity contribution in [3.63, 3.8) is 0 Å². The number of hydrogen-bond donors (Lipinski definition) is 1. The van der Waals surface area contributed by atoms with Gasteiger partial charge in [0.05, 0.1) is 16.8 Å². The third-order valence-corrected chi connectivity index (χ3v) is 7.62. The lowest BCUT2D eigenvalue weighted by Crippen LogP contribution is -2.53. The minimum absolute atomic E-state index is 0.0199. The van der Waals surface area contributed by atoms with E-state index in [-0.39, 0.29) is 24.5 Å². The molecule has 0 saturated carbocycles. The molecule has 0 unspecified atom stereocenters. The van der Waals surface area contributed by atoms with E-state index >= 15 is 0 Å². The largest absolute Gasteiger partial charge is 0.367 e. The van der Waals surface area contributed by atoms with Gasteiger partial charge in [0.2, 0.25) is 5.91 Å². The van der Waals surface area contributed by atoms with Crippen LogP contribution in [-0.2, 0) is 17.9 Å². The van der Waals surface area contributed by atoms with Crippen molar-refractivity contribution in [1.82, 2.24) is 15.1 Å². The van der Waals surface area contributed by atoms with Gasteiger partial charge in [-0.2, -0.15) is 0 Å². The molecule has 2 aliphatic heterocycles. The fraction of sp³-hybridized carbons (Fsp3) is 0.345. The standard InChI is InChI=1S/C29H31ClF2N4O/c30-25-8-4-5-9-27(25)34-12-14-35(15-13-34)29(37)28-17-24(20-36(28)19-21-6-2-1-3-7-21)33-18-22-10-11-23(31)16-26(22)32/h1-11,16,24,28,33H,12-15,17-20H2/t24-,28-/m0/s1. The quantitative estimate of drug-likeness (QED) is 0.486. The molecule has 0 spiro atoms. The molecule has 8 heteroatoms. The van der Waals surface area contributed by atoms with Gasteiger partial charge >= 0.3 is 0 Å². The number of para-hydroxylation sites is 1. The average Bonchev–Trinajstić information content (AvgIpc) is 3.31. The Morgan fingerprint density at radius 2 is 1.68 bits per heavy atom. The van der Waals surface area contributed by atoms with E-state index in [0.29, 0.717) is 38.2 Å². The molecular weight excluding hydrogens is 494 g/mol. The Bertz CT molecular complexity index is 1220. The van der Waals surface area contributed by atoms with Crippen LogP contribution in [0.3, 0.4) is 0 Å². The van der Waals surface area contributed by atoms with Crippen molar-refractivity contribution in [3.05, 3.63) is 101 Å². The Labute approximate surface area is 221 Å². The maximum Gasteiger partial charge on any atom is 0.240 e. The Morgan fingerprint density at radius 1 is 0.946 bits per heavy atom. The molecule has 0 aromatic heterocycles. The van der Waals surface area contributed by atoms with E-state index in [4.69, 9.17) is 11.6 Å². The number of carbonyl (C=O) groups is 1. The summed E-state index contributed by atoms with van der Waals surface area (Å²) in [7, 11) is 0. The smallest absolute Gasteiger partial charge is 0.240 e. The van der Waals surface area contributed by atoms with Crippen molar-refractivity contribution in [1.29, 1.82) is 0 Å². The van der Waals surface area contributed by atoms with Crippen LogP contribution in [0, 0.1) is 11.6 Å². The zero-order chi connectivity index (χ0) is 25.8.